The van der Waals surface area contributed by atoms with E-state index in [4.69, 9.17) is 4.74 Å². The minimum Gasteiger partial charge on any atom is -0.497 e. The highest BCUT2D eigenvalue weighted by molar-refractivity contribution is 6.96. The number of benzene rings is 2. The van der Waals surface area contributed by atoms with Crippen molar-refractivity contribution in [2.24, 2.45) is 0 Å². The third kappa shape index (κ3) is 5.40. The van der Waals surface area contributed by atoms with Crippen LogP contribution in [-0.4, -0.2) is 28.2 Å². The zero-order valence-electron chi connectivity index (χ0n) is 26.4. The summed E-state index contributed by atoms with van der Waals surface area (Å²) >= 11 is 0. The van der Waals surface area contributed by atoms with Crippen LogP contribution in [0.1, 0.15) is 94.7 Å². The van der Waals surface area contributed by atoms with Crippen LogP contribution in [0.4, 0.5) is 13.2 Å². The topological polar surface area (TPSA) is 17.2 Å². The van der Waals surface area contributed by atoms with Gasteiger partial charge in [0.25, 0.3) is 0 Å². The summed E-state index contributed by atoms with van der Waals surface area (Å²) in [6.45, 7) is 10.8. The molecule has 0 fully saturated rings. The maximum absolute atomic E-state index is 13.7. The van der Waals surface area contributed by atoms with Crippen LogP contribution in [0.3, 0.4) is 0 Å². The first-order valence-corrected chi connectivity index (χ1v) is 15.8. The first-order chi connectivity index (χ1) is 20.5. The Morgan fingerprint density at radius 1 is 0.814 bits per heavy atom. The highest BCUT2D eigenvalue weighted by Crippen LogP contribution is 2.43. The van der Waals surface area contributed by atoms with Gasteiger partial charge in [0.15, 0.2) is 5.70 Å². The van der Waals surface area contributed by atoms with Crippen molar-refractivity contribution in [3.05, 3.63) is 94.5 Å². The second-order valence-corrected chi connectivity index (χ2v) is 12.4. The molecule has 228 valence electrons. The fraction of sp³-hybridized carbons (Fsp3) is 0.417. The molecule has 0 saturated heterocycles. The van der Waals surface area contributed by atoms with Gasteiger partial charge in [0.1, 0.15) is 11.5 Å². The number of halogens is 3. The van der Waals surface area contributed by atoms with Crippen LogP contribution in [0.5, 0.6) is 5.75 Å². The van der Waals surface area contributed by atoms with Crippen molar-refractivity contribution in [3.63, 3.8) is 0 Å². The van der Waals surface area contributed by atoms with Crippen molar-refractivity contribution >= 4 is 28.6 Å². The molecule has 43 heavy (non-hydrogen) atoms. The molecule has 7 heteroatoms. The number of aromatic nitrogens is 1. The number of hydrogen-bond donors (Lipinski definition) is 0. The summed E-state index contributed by atoms with van der Waals surface area (Å²) in [6, 6.07) is 16.1. The number of ether oxygens (including phenoxy) is 1. The van der Waals surface area contributed by atoms with Crippen LogP contribution < -0.4 is 15.7 Å². The van der Waals surface area contributed by atoms with E-state index in [-0.39, 0.29) is 0 Å². The van der Waals surface area contributed by atoms with Crippen LogP contribution in [0.2, 0.25) is 0 Å². The highest BCUT2D eigenvalue weighted by atomic mass is 19.4. The maximum Gasteiger partial charge on any atom is 0.434 e. The zero-order chi connectivity index (χ0) is 30.9. The molecule has 0 spiro atoms. The largest absolute Gasteiger partial charge is 0.497 e. The van der Waals surface area contributed by atoms with Gasteiger partial charge in [-0.3, -0.25) is 0 Å². The van der Waals surface area contributed by atoms with Crippen LogP contribution >= 0.6 is 0 Å². The number of alkyl halides is 3. The van der Waals surface area contributed by atoms with Crippen LogP contribution in [-0.2, 0) is 6.18 Å². The zero-order valence-corrected chi connectivity index (χ0v) is 26.4. The molecule has 3 heterocycles. The van der Waals surface area contributed by atoms with E-state index in [1.54, 1.807) is 19.2 Å². The summed E-state index contributed by atoms with van der Waals surface area (Å²) in [6.07, 6.45) is 5.54. The van der Waals surface area contributed by atoms with E-state index in [9.17, 15) is 13.2 Å². The molecule has 0 bridgehead atoms. The Labute approximate surface area is 254 Å². The number of nitrogens with zero attached hydrogens (tertiary/aromatic N) is 2. The van der Waals surface area contributed by atoms with Crippen LogP contribution in [0.25, 0.3) is 5.57 Å². The Morgan fingerprint density at radius 3 is 1.98 bits per heavy atom. The molecular formula is C36H44BF3N2O. The minimum atomic E-state index is -4.40. The molecule has 2 aliphatic heterocycles. The summed E-state index contributed by atoms with van der Waals surface area (Å²) in [5, 5.41) is 0. The van der Waals surface area contributed by atoms with Gasteiger partial charge in [-0.25, -0.2) is 0 Å². The summed E-state index contributed by atoms with van der Waals surface area (Å²) in [7, 11) is 1.65. The van der Waals surface area contributed by atoms with E-state index in [1.807, 2.05) is 12.1 Å². The van der Waals surface area contributed by atoms with Gasteiger partial charge in [-0.1, -0.05) is 81.8 Å². The number of rotatable bonds is 11. The van der Waals surface area contributed by atoms with Gasteiger partial charge in [0.2, 0.25) is 0 Å². The van der Waals surface area contributed by atoms with E-state index >= 15 is 0 Å². The number of hydrogen-bond acceptors (Lipinski definition) is 1. The molecule has 0 amide bonds. The minimum absolute atomic E-state index is 0.639. The number of fused-ring (bicyclic) bond motifs is 2. The Morgan fingerprint density at radius 2 is 1.40 bits per heavy atom. The molecular weight excluding hydrogens is 544 g/mol. The Kier molecular flexibility index (Phi) is 8.83. The van der Waals surface area contributed by atoms with Gasteiger partial charge in [0.05, 0.1) is 12.7 Å². The second-order valence-electron chi connectivity index (χ2n) is 12.4. The quantitative estimate of drug-likeness (QED) is 0.162. The van der Waals surface area contributed by atoms with Crippen molar-refractivity contribution in [1.82, 2.24) is 4.48 Å². The molecule has 3 aromatic rings. The Bertz CT molecular complexity index is 1580. The highest BCUT2D eigenvalue weighted by Gasteiger charge is 2.53. The van der Waals surface area contributed by atoms with E-state index in [2.05, 4.69) is 67.9 Å². The lowest BCUT2D eigenvalue weighted by atomic mass is 9.35. The lowest BCUT2D eigenvalue weighted by molar-refractivity contribution is -0.330. The van der Waals surface area contributed by atoms with E-state index in [0.717, 1.165) is 40.9 Å². The summed E-state index contributed by atoms with van der Waals surface area (Å²) in [5.74, 6) is 0.741. The molecule has 0 saturated carbocycles. The van der Waals surface area contributed by atoms with Crippen molar-refractivity contribution in [2.45, 2.75) is 92.2 Å². The fourth-order valence-electron chi connectivity index (χ4n) is 7.69. The molecule has 0 aliphatic carbocycles. The number of aryl methyl sites for hydroxylation is 2. The predicted octanol–water partition coefficient (Wildman–Crippen LogP) is 8.54. The fourth-order valence-corrected chi connectivity index (χ4v) is 7.69. The van der Waals surface area contributed by atoms with Gasteiger partial charge in [-0.05, 0) is 63.1 Å². The van der Waals surface area contributed by atoms with Crippen molar-refractivity contribution < 1.29 is 22.4 Å². The van der Waals surface area contributed by atoms with E-state index in [0.29, 0.717) is 0 Å². The van der Waals surface area contributed by atoms with Crippen molar-refractivity contribution in [1.29, 1.82) is 0 Å². The van der Waals surface area contributed by atoms with Gasteiger partial charge >= 0.3 is 12.6 Å². The summed E-state index contributed by atoms with van der Waals surface area (Å²) in [4.78, 5) is 0. The molecule has 2 aromatic carbocycles. The molecule has 1 atom stereocenters. The predicted molar refractivity (Wildman–Crippen MR) is 173 cm³/mol. The normalized spacial score (nSPS) is 18.2. The molecule has 0 radical (unpaired) electrons. The lowest BCUT2D eigenvalue weighted by Gasteiger charge is -2.46. The van der Waals surface area contributed by atoms with Crippen LogP contribution in [0, 0.1) is 13.8 Å². The lowest BCUT2D eigenvalue weighted by Crippen LogP contribution is -2.73. The van der Waals surface area contributed by atoms with Gasteiger partial charge in [-0.2, -0.15) is 13.2 Å². The van der Waals surface area contributed by atoms with Crippen molar-refractivity contribution in [2.75, 3.05) is 7.11 Å². The molecule has 1 unspecified atom stereocenters. The Hall–Kier alpha value is -3.48. The molecule has 5 rings (SSSR count). The first kappa shape index (κ1) is 31.0. The van der Waals surface area contributed by atoms with E-state index < -0.39 is 18.2 Å². The molecule has 3 nitrogen and oxygen atoms in total. The van der Waals surface area contributed by atoms with Crippen molar-refractivity contribution in [3.8, 4) is 5.75 Å². The number of unbranched alkanes of at least 4 members (excludes halogenated alkanes) is 6. The van der Waals surface area contributed by atoms with Crippen LogP contribution in [0.15, 0.2) is 71.9 Å². The SMILES string of the molecule is CCCCCCCCCC1=C2C(C)=CC(C)=[N+]2[B-](c2ccc(OC)cc2)(c2ccc(C(F)(F)F)cc2)n2c(C)cc(C)c21. The van der Waals surface area contributed by atoms with E-state index in [1.165, 1.54) is 78.8 Å². The standard InChI is InChI=1S/C36H44BF3N2O/c1-7-8-9-10-11-12-13-14-33-34-25(2)23-27(4)41(34)37(31-19-21-32(43-6)22-20-31,42-28(5)24-26(3)35(33)42)30-17-15-29(16-18-30)36(38,39)40/h15-24H,7-14H2,1-6H3. The van der Waals surface area contributed by atoms with Gasteiger partial charge in [0, 0.05) is 29.8 Å². The third-order valence-electron chi connectivity index (χ3n) is 9.47. The third-order valence-corrected chi connectivity index (χ3v) is 9.47. The van der Waals surface area contributed by atoms with Gasteiger partial charge in [-0.15, -0.1) is 10.9 Å². The monoisotopic (exact) mass is 588 g/mol. The summed E-state index contributed by atoms with van der Waals surface area (Å²) < 4.78 is 51.6. The average Bonchev–Trinajstić information content (AvgIpc) is 3.46. The summed E-state index contributed by atoms with van der Waals surface area (Å²) in [5.41, 5.74) is 9.55. The average molecular weight is 589 g/mol. The first-order valence-electron chi connectivity index (χ1n) is 15.8. The molecule has 0 N–H and O–H groups in total. The number of allylic oxidation sites excluding steroid dienone is 3. The Balaban J connectivity index is 1.74. The molecule has 1 aromatic heterocycles. The molecule has 2 aliphatic rings. The number of methoxy groups -OCH3 is 1. The maximum atomic E-state index is 13.7. The second kappa shape index (κ2) is 12.3. The smallest absolute Gasteiger partial charge is 0.434 e. The van der Waals surface area contributed by atoms with Gasteiger partial charge < -0.3 is 13.7 Å².